The van der Waals surface area contributed by atoms with Crippen LogP contribution in [-0.2, 0) is 4.74 Å². The van der Waals surface area contributed by atoms with E-state index in [1.807, 2.05) is 0 Å². The molecule has 0 amide bonds. The average molecular weight is 218 g/mol. The topological polar surface area (TPSA) is 9.23 Å². The predicted octanol–water partition coefficient (Wildman–Crippen LogP) is 4.49. The van der Waals surface area contributed by atoms with Crippen molar-refractivity contribution in [1.82, 2.24) is 0 Å². The first-order chi connectivity index (χ1) is 7.90. The van der Waals surface area contributed by atoms with Gasteiger partial charge in [-0.05, 0) is 31.2 Å². The molecule has 1 heteroatoms. The lowest BCUT2D eigenvalue weighted by atomic mass is 9.96. The average Bonchev–Trinajstić information content (AvgIpc) is 2.38. The number of rotatable bonds is 4. The molecule has 2 atom stereocenters. The first-order valence-electron chi connectivity index (χ1n) is 6.60. The van der Waals surface area contributed by atoms with Crippen molar-refractivity contribution in [3.63, 3.8) is 0 Å². The Hall–Kier alpha value is -0.820. The minimum Gasteiger partial charge on any atom is -0.370 e. The SMILES string of the molecule is CCCC[C@H]1CCC[C@H](c2ccccc2)O1. The highest BCUT2D eigenvalue weighted by molar-refractivity contribution is 5.17. The fourth-order valence-corrected chi connectivity index (χ4v) is 2.46. The molecule has 1 fully saturated rings. The number of benzene rings is 1. The first kappa shape index (κ1) is 11.7. The summed E-state index contributed by atoms with van der Waals surface area (Å²) < 4.78 is 6.17. The van der Waals surface area contributed by atoms with Crippen molar-refractivity contribution in [1.29, 1.82) is 0 Å². The van der Waals surface area contributed by atoms with Crippen molar-refractivity contribution < 1.29 is 4.74 Å². The van der Waals surface area contributed by atoms with Crippen molar-refractivity contribution in [2.75, 3.05) is 0 Å². The molecule has 16 heavy (non-hydrogen) atoms. The molecule has 1 aromatic rings. The summed E-state index contributed by atoms with van der Waals surface area (Å²) in [5.41, 5.74) is 1.35. The lowest BCUT2D eigenvalue weighted by molar-refractivity contribution is -0.0556. The molecule has 1 aliphatic heterocycles. The fraction of sp³-hybridized carbons (Fsp3) is 0.600. The summed E-state index contributed by atoms with van der Waals surface area (Å²) in [4.78, 5) is 0. The van der Waals surface area contributed by atoms with Gasteiger partial charge in [0.25, 0.3) is 0 Å². The van der Waals surface area contributed by atoms with Crippen LogP contribution in [0.3, 0.4) is 0 Å². The first-order valence-corrected chi connectivity index (χ1v) is 6.60. The Kier molecular flexibility index (Phi) is 4.41. The zero-order chi connectivity index (χ0) is 11.2. The summed E-state index contributed by atoms with van der Waals surface area (Å²) in [5.74, 6) is 0. The van der Waals surface area contributed by atoms with Gasteiger partial charge in [0.05, 0.1) is 12.2 Å². The van der Waals surface area contributed by atoms with Gasteiger partial charge in [-0.2, -0.15) is 0 Å². The van der Waals surface area contributed by atoms with Crippen LogP contribution in [0, 0.1) is 0 Å². The summed E-state index contributed by atoms with van der Waals surface area (Å²) in [6.45, 7) is 2.25. The van der Waals surface area contributed by atoms with E-state index in [2.05, 4.69) is 37.3 Å². The van der Waals surface area contributed by atoms with Crippen LogP contribution in [0.4, 0.5) is 0 Å². The van der Waals surface area contributed by atoms with E-state index in [1.165, 1.54) is 44.1 Å². The third-order valence-electron chi connectivity index (χ3n) is 3.40. The Labute approximate surface area is 98.8 Å². The van der Waals surface area contributed by atoms with Crippen molar-refractivity contribution in [2.45, 2.75) is 57.7 Å². The van der Waals surface area contributed by atoms with Crippen LogP contribution >= 0.6 is 0 Å². The van der Waals surface area contributed by atoms with E-state index in [1.54, 1.807) is 0 Å². The second-order valence-electron chi connectivity index (χ2n) is 4.73. The summed E-state index contributed by atoms with van der Waals surface area (Å²) in [6, 6.07) is 10.7. The Morgan fingerprint density at radius 1 is 1.19 bits per heavy atom. The quantitative estimate of drug-likeness (QED) is 0.723. The fourth-order valence-electron chi connectivity index (χ4n) is 2.46. The van der Waals surface area contributed by atoms with Crippen LogP contribution in [0.15, 0.2) is 30.3 Å². The minimum absolute atomic E-state index is 0.344. The van der Waals surface area contributed by atoms with Gasteiger partial charge >= 0.3 is 0 Å². The van der Waals surface area contributed by atoms with Crippen LogP contribution < -0.4 is 0 Å². The molecule has 0 aliphatic carbocycles. The van der Waals surface area contributed by atoms with Crippen LogP contribution in [0.2, 0.25) is 0 Å². The van der Waals surface area contributed by atoms with E-state index in [0.717, 1.165) is 0 Å². The molecule has 0 saturated carbocycles. The largest absolute Gasteiger partial charge is 0.370 e. The Bertz CT molecular complexity index is 294. The van der Waals surface area contributed by atoms with Gasteiger partial charge < -0.3 is 4.74 Å². The van der Waals surface area contributed by atoms with Gasteiger partial charge in [-0.15, -0.1) is 0 Å². The number of hydrogen-bond acceptors (Lipinski definition) is 1. The normalized spacial score (nSPS) is 25.6. The summed E-state index contributed by atoms with van der Waals surface area (Å²) in [7, 11) is 0. The number of hydrogen-bond donors (Lipinski definition) is 0. The molecule has 0 N–H and O–H groups in total. The van der Waals surface area contributed by atoms with Crippen LogP contribution in [0.1, 0.15) is 57.1 Å². The monoisotopic (exact) mass is 218 g/mol. The Morgan fingerprint density at radius 2 is 2.00 bits per heavy atom. The molecule has 0 spiro atoms. The maximum absolute atomic E-state index is 6.17. The molecule has 0 bridgehead atoms. The second-order valence-corrected chi connectivity index (χ2v) is 4.73. The molecule has 1 nitrogen and oxygen atoms in total. The van der Waals surface area contributed by atoms with Crippen LogP contribution in [-0.4, -0.2) is 6.10 Å². The van der Waals surface area contributed by atoms with E-state index in [0.29, 0.717) is 12.2 Å². The number of unbranched alkanes of at least 4 members (excludes halogenated alkanes) is 1. The van der Waals surface area contributed by atoms with E-state index in [9.17, 15) is 0 Å². The molecule has 0 aromatic heterocycles. The Morgan fingerprint density at radius 3 is 2.75 bits per heavy atom. The van der Waals surface area contributed by atoms with E-state index >= 15 is 0 Å². The van der Waals surface area contributed by atoms with Crippen LogP contribution in [0.5, 0.6) is 0 Å². The predicted molar refractivity (Wildman–Crippen MR) is 67.4 cm³/mol. The lowest BCUT2D eigenvalue weighted by Crippen LogP contribution is -2.22. The summed E-state index contributed by atoms with van der Waals surface area (Å²) in [5, 5.41) is 0. The maximum Gasteiger partial charge on any atom is 0.0828 e. The van der Waals surface area contributed by atoms with Crippen LogP contribution in [0.25, 0.3) is 0 Å². The molecule has 88 valence electrons. The van der Waals surface area contributed by atoms with Gasteiger partial charge in [-0.3, -0.25) is 0 Å². The molecule has 1 heterocycles. The highest BCUT2D eigenvalue weighted by Gasteiger charge is 2.22. The number of ether oxygens (including phenoxy) is 1. The van der Waals surface area contributed by atoms with Gasteiger partial charge in [0, 0.05) is 0 Å². The smallest absolute Gasteiger partial charge is 0.0828 e. The minimum atomic E-state index is 0.344. The highest BCUT2D eigenvalue weighted by Crippen LogP contribution is 2.32. The molecular formula is C15H22O. The van der Waals surface area contributed by atoms with E-state index in [4.69, 9.17) is 4.74 Å². The summed E-state index contributed by atoms with van der Waals surface area (Å²) >= 11 is 0. The van der Waals surface area contributed by atoms with Gasteiger partial charge in [-0.25, -0.2) is 0 Å². The van der Waals surface area contributed by atoms with Gasteiger partial charge in [0.1, 0.15) is 0 Å². The van der Waals surface area contributed by atoms with Crippen molar-refractivity contribution >= 4 is 0 Å². The van der Waals surface area contributed by atoms with Crippen molar-refractivity contribution in [2.24, 2.45) is 0 Å². The van der Waals surface area contributed by atoms with Crippen molar-refractivity contribution in [3.05, 3.63) is 35.9 Å². The highest BCUT2D eigenvalue weighted by atomic mass is 16.5. The standard InChI is InChI=1S/C15H22O/c1-2-3-10-14-11-7-12-15(16-14)13-8-5-4-6-9-13/h4-6,8-9,14-15H,2-3,7,10-12H2,1H3/t14-,15+/m0/s1. The Balaban J connectivity index is 1.91. The van der Waals surface area contributed by atoms with Gasteiger partial charge in [-0.1, -0.05) is 50.1 Å². The van der Waals surface area contributed by atoms with Gasteiger partial charge in [0.15, 0.2) is 0 Å². The van der Waals surface area contributed by atoms with E-state index < -0.39 is 0 Å². The molecular weight excluding hydrogens is 196 g/mol. The molecule has 1 aromatic carbocycles. The zero-order valence-corrected chi connectivity index (χ0v) is 10.2. The van der Waals surface area contributed by atoms with Gasteiger partial charge in [0.2, 0.25) is 0 Å². The maximum atomic E-state index is 6.17. The zero-order valence-electron chi connectivity index (χ0n) is 10.2. The molecule has 0 radical (unpaired) electrons. The molecule has 0 unspecified atom stereocenters. The third-order valence-corrected chi connectivity index (χ3v) is 3.40. The van der Waals surface area contributed by atoms with Crippen molar-refractivity contribution in [3.8, 4) is 0 Å². The van der Waals surface area contributed by atoms with E-state index in [-0.39, 0.29) is 0 Å². The lowest BCUT2D eigenvalue weighted by Gasteiger charge is -2.30. The second kappa shape index (κ2) is 6.05. The molecule has 2 rings (SSSR count). The summed E-state index contributed by atoms with van der Waals surface area (Å²) in [6.07, 6.45) is 8.40. The third kappa shape index (κ3) is 3.08. The molecule has 1 aliphatic rings. The molecule has 1 saturated heterocycles.